The minimum atomic E-state index is -5.01. The van der Waals surface area contributed by atoms with Crippen molar-refractivity contribution in [2.75, 3.05) is 46.2 Å². The third kappa shape index (κ3) is 35.3. The zero-order valence-electron chi connectivity index (χ0n) is 31.2. The van der Waals surface area contributed by atoms with Gasteiger partial charge in [-0.15, -0.1) is 0 Å². The first-order valence-electron chi connectivity index (χ1n) is 17.0. The number of ether oxygens (including phenoxy) is 5. The van der Waals surface area contributed by atoms with Crippen LogP contribution in [0.4, 0.5) is 0 Å². The van der Waals surface area contributed by atoms with Crippen molar-refractivity contribution >= 4 is 22.1 Å². The standard InChI is InChI=1S/C20H38O7S.C9H20O4.C4H10O.Na/c1-5-9-11-16(7-3)14-26-19(21)13-18(28(23,24)25)20(22)27-15-17(8-4)12-10-6-2;1-7(11)5-12-9(3)6-13-8(2)4-10;1-3-5-4-2;/h16-18H,5-15H2,1-4H3,(H,23,24,25);7-11H,4-6H2,1-3H3;3-4H2,1-2H3;/q;;;+1/p-1. The van der Waals surface area contributed by atoms with Crippen molar-refractivity contribution in [1.82, 2.24) is 0 Å². The number of carbonyl (C=O) groups is 2. The molecular formula is C33H67NaO12S. The molecule has 0 bridgehead atoms. The van der Waals surface area contributed by atoms with Crippen LogP contribution in [0.25, 0.3) is 0 Å². The number of aliphatic hydroxyl groups is 2. The second kappa shape index (κ2) is 35.5. The van der Waals surface area contributed by atoms with Crippen LogP contribution in [-0.4, -0.2) is 105 Å². The van der Waals surface area contributed by atoms with Gasteiger partial charge in [0.25, 0.3) is 0 Å². The molecule has 0 amide bonds. The van der Waals surface area contributed by atoms with Gasteiger partial charge in [0.05, 0.1) is 57.8 Å². The van der Waals surface area contributed by atoms with Crippen molar-refractivity contribution in [2.24, 2.45) is 11.8 Å². The van der Waals surface area contributed by atoms with Crippen LogP contribution >= 0.6 is 0 Å². The van der Waals surface area contributed by atoms with E-state index in [1.807, 2.05) is 34.6 Å². The first kappa shape index (κ1) is 53.4. The van der Waals surface area contributed by atoms with E-state index in [1.165, 1.54) is 0 Å². The second-order valence-electron chi connectivity index (χ2n) is 11.4. The maximum absolute atomic E-state index is 12.1. The molecule has 14 heteroatoms. The van der Waals surface area contributed by atoms with Crippen LogP contribution in [0.3, 0.4) is 0 Å². The van der Waals surface area contributed by atoms with Crippen molar-refractivity contribution in [3.8, 4) is 0 Å². The molecule has 0 heterocycles. The summed E-state index contributed by atoms with van der Waals surface area (Å²) in [6, 6.07) is 0. The van der Waals surface area contributed by atoms with Crippen molar-refractivity contribution in [2.45, 2.75) is 144 Å². The van der Waals surface area contributed by atoms with E-state index in [0.717, 1.165) is 64.6 Å². The SMILES string of the molecule is CC(O)COC(C)COC(C)CO.CCCCC(CC)COC(=O)CC(C(=O)OCC(CC)CCCC)S(=O)(=O)[O-].CCOCC.[Na+]. The topological polar surface area (TPSA) is 178 Å². The quantitative estimate of drug-likeness (QED) is 0.0802. The van der Waals surface area contributed by atoms with Crippen molar-refractivity contribution < 1.29 is 86.0 Å². The Morgan fingerprint density at radius 1 is 0.745 bits per heavy atom. The molecule has 0 aliphatic rings. The molecule has 0 radical (unpaired) electrons. The summed E-state index contributed by atoms with van der Waals surface area (Å²) in [5.74, 6) is -1.74. The molecule has 0 saturated carbocycles. The smallest absolute Gasteiger partial charge is 0.747 e. The van der Waals surface area contributed by atoms with E-state index in [-0.39, 0.29) is 73.4 Å². The summed E-state index contributed by atoms with van der Waals surface area (Å²) in [5.41, 5.74) is 0. The molecule has 0 saturated heterocycles. The van der Waals surface area contributed by atoms with E-state index in [0.29, 0.717) is 13.2 Å². The van der Waals surface area contributed by atoms with Crippen molar-refractivity contribution in [3.63, 3.8) is 0 Å². The minimum Gasteiger partial charge on any atom is -0.747 e. The molecule has 0 aliphatic carbocycles. The van der Waals surface area contributed by atoms with E-state index < -0.39 is 39.8 Å². The molecular weight excluding hydrogens is 643 g/mol. The van der Waals surface area contributed by atoms with Gasteiger partial charge in [-0.25, -0.2) is 8.42 Å². The van der Waals surface area contributed by atoms with Gasteiger partial charge in [0.2, 0.25) is 0 Å². The summed E-state index contributed by atoms with van der Waals surface area (Å²) in [7, 11) is -5.01. The predicted molar refractivity (Wildman–Crippen MR) is 178 cm³/mol. The molecule has 0 rings (SSSR count). The van der Waals surface area contributed by atoms with Gasteiger partial charge in [-0.05, 0) is 59.3 Å². The number of carbonyl (C=O) groups excluding carboxylic acids is 2. The van der Waals surface area contributed by atoms with Crippen LogP contribution in [-0.2, 0) is 43.4 Å². The molecule has 2 N–H and O–H groups in total. The second-order valence-corrected chi connectivity index (χ2v) is 13.0. The maximum Gasteiger partial charge on any atom is 1.00 e. The Labute approximate surface area is 308 Å². The zero-order valence-corrected chi connectivity index (χ0v) is 34.0. The Morgan fingerprint density at radius 2 is 1.21 bits per heavy atom. The normalized spacial score (nSPS) is 14.8. The molecule has 6 unspecified atom stereocenters. The van der Waals surface area contributed by atoms with Gasteiger partial charge >= 0.3 is 41.5 Å². The van der Waals surface area contributed by atoms with E-state index in [2.05, 4.69) is 13.8 Å². The van der Waals surface area contributed by atoms with Gasteiger partial charge in [0, 0.05) is 13.2 Å². The van der Waals surface area contributed by atoms with E-state index in [4.69, 9.17) is 33.9 Å². The van der Waals surface area contributed by atoms with Crippen LogP contribution in [0.1, 0.15) is 120 Å². The molecule has 12 nitrogen and oxygen atoms in total. The largest absolute Gasteiger partial charge is 1.00 e. The Morgan fingerprint density at radius 3 is 1.57 bits per heavy atom. The molecule has 0 aromatic rings. The number of rotatable bonds is 25. The average Bonchev–Trinajstić information content (AvgIpc) is 3.01. The maximum atomic E-state index is 12.1. The number of esters is 2. The molecule has 278 valence electrons. The molecule has 0 fully saturated rings. The summed E-state index contributed by atoms with van der Waals surface area (Å²) < 4.78 is 59.9. The fourth-order valence-electron chi connectivity index (χ4n) is 3.72. The summed E-state index contributed by atoms with van der Waals surface area (Å²) >= 11 is 0. The van der Waals surface area contributed by atoms with Crippen molar-refractivity contribution in [3.05, 3.63) is 0 Å². The minimum absolute atomic E-state index is 0. The Balaban J connectivity index is -0.000000402. The van der Waals surface area contributed by atoms with Gasteiger partial charge < -0.3 is 38.5 Å². The molecule has 6 atom stereocenters. The van der Waals surface area contributed by atoms with Gasteiger partial charge in [-0.3, -0.25) is 9.59 Å². The van der Waals surface area contributed by atoms with Crippen molar-refractivity contribution in [1.29, 1.82) is 0 Å². The number of hydrogen-bond donors (Lipinski definition) is 2. The molecule has 47 heavy (non-hydrogen) atoms. The third-order valence-corrected chi connectivity index (χ3v) is 7.95. The zero-order chi connectivity index (χ0) is 36.0. The first-order valence-corrected chi connectivity index (χ1v) is 18.5. The summed E-state index contributed by atoms with van der Waals surface area (Å²) in [5, 5.41) is 15.5. The monoisotopic (exact) mass is 710 g/mol. The predicted octanol–water partition coefficient (Wildman–Crippen LogP) is 2.03. The fourth-order valence-corrected chi connectivity index (χ4v) is 4.37. The number of aliphatic hydroxyl groups excluding tert-OH is 2. The van der Waals surface area contributed by atoms with Gasteiger partial charge in [-0.1, -0.05) is 66.2 Å². The average molecular weight is 711 g/mol. The van der Waals surface area contributed by atoms with E-state index in [1.54, 1.807) is 13.8 Å². The molecule has 0 aliphatic heterocycles. The molecule has 0 aromatic heterocycles. The van der Waals surface area contributed by atoms with E-state index >= 15 is 0 Å². The summed E-state index contributed by atoms with van der Waals surface area (Å²) in [6.45, 7) is 20.0. The fraction of sp³-hybridized carbons (Fsp3) is 0.939. The Kier molecular flexibility index (Phi) is 40.3. The molecule has 0 spiro atoms. The summed E-state index contributed by atoms with van der Waals surface area (Å²) in [6.07, 6.45) is 5.93. The number of hydrogen-bond acceptors (Lipinski definition) is 12. The first-order chi connectivity index (χ1) is 21.7. The van der Waals surface area contributed by atoms with E-state index in [9.17, 15) is 22.6 Å². The van der Waals surface area contributed by atoms with Crippen LogP contribution in [0.2, 0.25) is 0 Å². The molecule has 0 aromatic carbocycles. The van der Waals surface area contributed by atoms with Crippen LogP contribution in [0.15, 0.2) is 0 Å². The van der Waals surface area contributed by atoms with Gasteiger partial charge in [0.15, 0.2) is 5.25 Å². The third-order valence-electron chi connectivity index (χ3n) is 6.89. The van der Waals surface area contributed by atoms with Gasteiger partial charge in [-0.2, -0.15) is 0 Å². The van der Waals surface area contributed by atoms with Crippen LogP contribution in [0.5, 0.6) is 0 Å². The van der Waals surface area contributed by atoms with Gasteiger partial charge in [0.1, 0.15) is 10.1 Å². The summed E-state index contributed by atoms with van der Waals surface area (Å²) in [4.78, 5) is 24.1. The van der Waals surface area contributed by atoms with Crippen LogP contribution < -0.4 is 29.6 Å². The number of unbranched alkanes of at least 4 members (excludes halogenated alkanes) is 2. The Bertz CT molecular complexity index is 811. The Hall–Kier alpha value is -0.350. The van der Waals surface area contributed by atoms with Crippen LogP contribution in [0, 0.1) is 11.8 Å².